The van der Waals surface area contributed by atoms with E-state index in [2.05, 4.69) is 39.7 Å². The number of nitrogen functional groups attached to an aromatic ring is 4. The van der Waals surface area contributed by atoms with E-state index in [1.54, 1.807) is 36.9 Å². The minimum Gasteiger partial charge on any atom is -0.418 e. The highest BCUT2D eigenvalue weighted by Gasteiger charge is 2.48. The standard InChI is InChI=1S/C44H47Cl2N14O3PS2/c45-33-29(5-11-53-37(33)49)65-41-39(51)57-31(21-55-41)59-13-7-43(8-14-59)19-23-1-3-25(17-27(23)35(43)47)62-64(61)63-26-4-2-24-20-44(36(48)28(24)18-26)9-15-60(16-10-44)32-22-56-42(40(52)58-32)66-30-6-12-54-38(50)34(30)46/h1-6,11-12,17-18,21-22,35-36,64H,7-10,13-16,19-20,47-48H2,(H2,49,53)(H2,50,54)(H2,51,57)(H2,52,58)/t35-,36-/m1/s1. The summed E-state index contributed by atoms with van der Waals surface area (Å²) in [5.41, 5.74) is 42.6. The normalized spacial score (nSPS) is 19.3. The van der Waals surface area contributed by atoms with Crippen LogP contribution in [0.1, 0.15) is 60.0 Å². The molecule has 0 radical (unpaired) electrons. The Bertz CT molecular complexity index is 2700. The summed E-state index contributed by atoms with van der Waals surface area (Å²) in [5.74, 6) is 3.43. The van der Waals surface area contributed by atoms with E-state index in [0.717, 1.165) is 75.8 Å². The zero-order chi connectivity index (χ0) is 45.9. The quantitative estimate of drug-likeness (QED) is 0.0724. The van der Waals surface area contributed by atoms with E-state index in [9.17, 15) is 4.57 Å². The maximum absolute atomic E-state index is 13.4. The van der Waals surface area contributed by atoms with Gasteiger partial charge in [0.15, 0.2) is 11.6 Å². The molecular formula is C44H47Cl2N14O3PS2. The molecular weight excluding hydrogens is 939 g/mol. The number of nitrogens with two attached hydrogens (primary N) is 6. The molecule has 2 atom stereocenters. The van der Waals surface area contributed by atoms with Crippen LogP contribution in [0.5, 0.6) is 11.5 Å². The number of aromatic nitrogens is 6. The molecule has 2 aliphatic carbocycles. The fourth-order valence-corrected chi connectivity index (χ4v) is 12.5. The van der Waals surface area contributed by atoms with Crippen molar-refractivity contribution >= 4 is 89.9 Å². The molecule has 6 heterocycles. The maximum atomic E-state index is 13.4. The Labute approximate surface area is 400 Å². The lowest BCUT2D eigenvalue weighted by Gasteiger charge is -2.42. The predicted molar refractivity (Wildman–Crippen MR) is 261 cm³/mol. The highest BCUT2D eigenvalue weighted by atomic mass is 35.5. The topological polar surface area (TPSA) is 275 Å². The minimum atomic E-state index is -2.98. The lowest BCUT2D eigenvalue weighted by molar-refractivity contribution is 0.187. The molecule has 4 aliphatic rings. The second kappa shape index (κ2) is 17.8. The van der Waals surface area contributed by atoms with E-state index < -0.39 is 8.25 Å². The largest absolute Gasteiger partial charge is 0.418 e. The molecule has 2 aromatic carbocycles. The number of piperidine rings is 2. The number of rotatable bonds is 10. The molecule has 0 unspecified atom stereocenters. The molecule has 0 bridgehead atoms. The molecule has 66 heavy (non-hydrogen) atoms. The Morgan fingerprint density at radius 2 is 1.02 bits per heavy atom. The summed E-state index contributed by atoms with van der Waals surface area (Å²) in [6.07, 6.45) is 11.7. The number of anilines is 6. The Hall–Kier alpha value is -5.27. The van der Waals surface area contributed by atoms with Crippen LogP contribution in [0.2, 0.25) is 10.0 Å². The predicted octanol–water partition coefficient (Wildman–Crippen LogP) is 7.53. The number of benzene rings is 2. The molecule has 4 aromatic heterocycles. The second-order valence-electron chi connectivity index (χ2n) is 17.2. The van der Waals surface area contributed by atoms with Gasteiger partial charge in [0.2, 0.25) is 0 Å². The second-order valence-corrected chi connectivity index (χ2v) is 21.0. The molecule has 2 fully saturated rings. The fourth-order valence-electron chi connectivity index (χ4n) is 9.84. The summed E-state index contributed by atoms with van der Waals surface area (Å²) in [6, 6.07) is 14.6. The van der Waals surface area contributed by atoms with Crippen molar-refractivity contribution in [1.29, 1.82) is 0 Å². The highest BCUT2D eigenvalue weighted by Crippen LogP contribution is 2.54. The van der Waals surface area contributed by atoms with Crippen molar-refractivity contribution in [2.75, 3.05) is 58.9 Å². The number of halogens is 2. The first-order valence-electron chi connectivity index (χ1n) is 21.4. The zero-order valence-corrected chi connectivity index (χ0v) is 39.6. The molecule has 22 heteroatoms. The molecule has 2 spiro atoms. The van der Waals surface area contributed by atoms with Gasteiger partial charge in [-0.2, -0.15) is 0 Å². The number of pyridine rings is 2. The van der Waals surface area contributed by atoms with E-state index in [4.69, 9.17) is 66.7 Å². The van der Waals surface area contributed by atoms with Gasteiger partial charge in [-0.25, -0.2) is 34.5 Å². The maximum Gasteiger partial charge on any atom is 0.418 e. The molecule has 6 aromatic rings. The smallest absolute Gasteiger partial charge is 0.418 e. The molecule has 0 saturated carbocycles. The molecule has 10 rings (SSSR count). The SMILES string of the molecule is Nc1nc(N2CCC3(CC2)Cc2ccc(O[PH](=O)Oc4ccc5c(c4)[C@@H](N)C4(CCN(c6cnc(Sc7ccnc(N)c7Cl)c(N)n6)CC4)C5)cc2[C@H]3N)cnc1Sc1ccnc(N)c1Cl. The van der Waals surface area contributed by atoms with E-state index in [1.807, 2.05) is 36.4 Å². The molecule has 2 aliphatic heterocycles. The van der Waals surface area contributed by atoms with Crippen molar-refractivity contribution in [2.45, 2.75) is 70.5 Å². The van der Waals surface area contributed by atoms with Crippen LogP contribution in [0.15, 0.2) is 93.2 Å². The van der Waals surface area contributed by atoms with Gasteiger partial charge < -0.3 is 53.2 Å². The average Bonchev–Trinajstić information content (AvgIpc) is 3.73. The van der Waals surface area contributed by atoms with Crippen molar-refractivity contribution in [1.82, 2.24) is 29.9 Å². The molecule has 12 N–H and O–H groups in total. The van der Waals surface area contributed by atoms with Gasteiger partial charge in [-0.3, -0.25) is 0 Å². The van der Waals surface area contributed by atoms with Crippen LogP contribution in [0.3, 0.4) is 0 Å². The van der Waals surface area contributed by atoms with E-state index in [-0.39, 0.29) is 34.5 Å². The van der Waals surface area contributed by atoms with Gasteiger partial charge in [-0.1, -0.05) is 58.9 Å². The highest BCUT2D eigenvalue weighted by molar-refractivity contribution is 7.99. The molecule has 17 nitrogen and oxygen atoms in total. The van der Waals surface area contributed by atoms with Crippen molar-refractivity contribution in [3.63, 3.8) is 0 Å². The third kappa shape index (κ3) is 8.39. The monoisotopic (exact) mass is 984 g/mol. The van der Waals surface area contributed by atoms with Gasteiger partial charge in [-0.15, -0.1) is 0 Å². The Morgan fingerprint density at radius 3 is 1.41 bits per heavy atom. The third-order valence-corrected chi connectivity index (χ3v) is 17.5. The first kappa shape index (κ1) is 44.6. The van der Waals surface area contributed by atoms with Crippen molar-refractivity contribution in [3.05, 3.63) is 106 Å². The van der Waals surface area contributed by atoms with Crippen LogP contribution < -0.4 is 53.2 Å². The zero-order valence-electron chi connectivity index (χ0n) is 35.5. The third-order valence-electron chi connectivity index (χ3n) is 13.6. The van der Waals surface area contributed by atoms with Gasteiger partial charge in [-0.05, 0) is 108 Å². The lowest BCUT2D eigenvalue weighted by Crippen LogP contribution is -2.44. The summed E-state index contributed by atoms with van der Waals surface area (Å²) in [6.45, 7) is 2.96. The van der Waals surface area contributed by atoms with Crippen molar-refractivity contribution < 1.29 is 13.6 Å². The van der Waals surface area contributed by atoms with Crippen LogP contribution in [0.25, 0.3) is 0 Å². The number of fused-ring (bicyclic) bond motifs is 2. The summed E-state index contributed by atoms with van der Waals surface area (Å²) < 4.78 is 25.2. The molecule has 2 saturated heterocycles. The number of nitrogens with zero attached hydrogens (tertiary/aromatic N) is 8. The lowest BCUT2D eigenvalue weighted by atomic mass is 9.73. The summed E-state index contributed by atoms with van der Waals surface area (Å²) >= 11 is 15.3. The summed E-state index contributed by atoms with van der Waals surface area (Å²) in [4.78, 5) is 32.4. The Balaban J connectivity index is 0.727. The summed E-state index contributed by atoms with van der Waals surface area (Å²) in [7, 11) is -2.98. The fraction of sp³-hybridized carbons (Fsp3) is 0.318. The number of hydrogen-bond donors (Lipinski definition) is 6. The van der Waals surface area contributed by atoms with Gasteiger partial charge in [0.25, 0.3) is 0 Å². The van der Waals surface area contributed by atoms with Crippen LogP contribution >= 0.6 is 55.0 Å². The van der Waals surface area contributed by atoms with E-state index in [1.165, 1.54) is 34.7 Å². The van der Waals surface area contributed by atoms with E-state index in [0.29, 0.717) is 64.7 Å². The Kier molecular flexibility index (Phi) is 12.0. The first-order valence-corrected chi connectivity index (χ1v) is 25.0. The van der Waals surface area contributed by atoms with Crippen LogP contribution in [-0.4, -0.2) is 56.1 Å². The average molecular weight is 986 g/mol. The van der Waals surface area contributed by atoms with Crippen LogP contribution in [-0.2, 0) is 17.4 Å². The van der Waals surface area contributed by atoms with Crippen molar-refractivity contribution in [2.24, 2.45) is 22.3 Å². The number of hydrogen-bond acceptors (Lipinski definition) is 19. The first-order chi connectivity index (χ1) is 31.8. The molecule has 342 valence electrons. The van der Waals surface area contributed by atoms with Crippen LogP contribution in [0.4, 0.5) is 34.9 Å². The van der Waals surface area contributed by atoms with Gasteiger partial charge >= 0.3 is 8.25 Å². The summed E-state index contributed by atoms with van der Waals surface area (Å²) in [5, 5.41) is 1.78. The van der Waals surface area contributed by atoms with Crippen molar-refractivity contribution in [3.8, 4) is 11.5 Å². The van der Waals surface area contributed by atoms with Gasteiger partial charge in [0.05, 0.1) is 22.4 Å². The van der Waals surface area contributed by atoms with E-state index >= 15 is 0 Å². The Morgan fingerprint density at radius 1 is 0.606 bits per heavy atom. The minimum absolute atomic E-state index is 0.136. The van der Waals surface area contributed by atoms with Gasteiger partial charge in [0.1, 0.15) is 44.8 Å². The van der Waals surface area contributed by atoms with Crippen LogP contribution in [0, 0.1) is 10.8 Å². The molecule has 0 amide bonds. The van der Waals surface area contributed by atoms with Gasteiger partial charge in [0, 0.05) is 60.4 Å².